The number of hydrogen-bond donors (Lipinski definition) is 3. The van der Waals surface area contributed by atoms with E-state index in [0.717, 1.165) is 46.5 Å². The van der Waals surface area contributed by atoms with Crippen LogP contribution in [0.3, 0.4) is 0 Å². The number of carboxylic acid groups (broad SMARTS) is 1. The number of nitrogens with one attached hydrogen (secondary N) is 2. The molecule has 2 amide bonds. The van der Waals surface area contributed by atoms with Crippen LogP contribution in [0.2, 0.25) is 10.0 Å². The summed E-state index contributed by atoms with van der Waals surface area (Å²) in [7, 11) is 0. The van der Waals surface area contributed by atoms with Gasteiger partial charge < -0.3 is 20.6 Å². The number of rotatable bonds is 8. The first kappa shape index (κ1) is 28.3. The number of amides is 2. The van der Waals surface area contributed by atoms with E-state index in [2.05, 4.69) is 15.6 Å². The van der Waals surface area contributed by atoms with Crippen molar-refractivity contribution in [2.24, 2.45) is 4.99 Å². The van der Waals surface area contributed by atoms with Gasteiger partial charge >= 0.3 is 5.97 Å². The van der Waals surface area contributed by atoms with Crippen LogP contribution >= 0.6 is 34.5 Å². The van der Waals surface area contributed by atoms with Crippen molar-refractivity contribution in [1.82, 2.24) is 15.5 Å². The highest BCUT2D eigenvalue weighted by molar-refractivity contribution is 7.09. The number of carbonyl (C=O) groups excluding carboxylic acids is 2. The van der Waals surface area contributed by atoms with Gasteiger partial charge in [-0.2, -0.15) is 0 Å². The molecule has 208 valence electrons. The van der Waals surface area contributed by atoms with Crippen molar-refractivity contribution >= 4 is 58.5 Å². The van der Waals surface area contributed by atoms with Gasteiger partial charge in [-0.1, -0.05) is 35.3 Å². The summed E-state index contributed by atoms with van der Waals surface area (Å²) >= 11 is 14.7. The summed E-state index contributed by atoms with van der Waals surface area (Å²) in [4.78, 5) is 45.5. The Labute approximate surface area is 246 Å². The predicted molar refractivity (Wildman–Crippen MR) is 157 cm³/mol. The maximum atomic E-state index is 13.4. The number of hydrogen-bond acceptors (Lipinski definition) is 6. The monoisotopic (exact) mass is 598 g/mol. The fourth-order valence-corrected chi connectivity index (χ4v) is 6.44. The van der Waals surface area contributed by atoms with Crippen LogP contribution < -0.4 is 10.6 Å². The molecule has 0 fully saturated rings. The quantitative estimate of drug-likeness (QED) is 0.351. The Kier molecular flexibility index (Phi) is 8.85. The van der Waals surface area contributed by atoms with Crippen molar-refractivity contribution in [2.45, 2.75) is 38.4 Å². The van der Waals surface area contributed by atoms with Gasteiger partial charge in [-0.05, 0) is 71.2 Å². The Morgan fingerprint density at radius 3 is 2.75 bits per heavy atom. The molecule has 0 bridgehead atoms. The fraction of sp³-hybridized carbons (Fsp3) is 0.310. The summed E-state index contributed by atoms with van der Waals surface area (Å²) in [5.41, 5.74) is 4.33. The average Bonchev–Trinajstić information content (AvgIpc) is 3.34. The number of aliphatic imine (C=N–C) groups is 1. The summed E-state index contributed by atoms with van der Waals surface area (Å²) in [6, 6.07) is 10.1. The van der Waals surface area contributed by atoms with Crippen molar-refractivity contribution in [3.63, 3.8) is 0 Å². The van der Waals surface area contributed by atoms with Gasteiger partial charge in [-0.25, -0.2) is 4.79 Å². The number of aliphatic carboxylic acids is 1. The zero-order valence-electron chi connectivity index (χ0n) is 21.6. The largest absolute Gasteiger partial charge is 0.480 e. The first-order chi connectivity index (χ1) is 19.3. The molecule has 2 aliphatic heterocycles. The van der Waals surface area contributed by atoms with E-state index < -0.39 is 17.9 Å². The smallest absolute Gasteiger partial charge is 0.327 e. The summed E-state index contributed by atoms with van der Waals surface area (Å²) in [5.74, 6) is -1.91. The van der Waals surface area contributed by atoms with Gasteiger partial charge in [-0.15, -0.1) is 11.3 Å². The second-order valence-electron chi connectivity index (χ2n) is 9.79. The highest BCUT2D eigenvalue weighted by atomic mass is 35.5. The molecule has 0 saturated carbocycles. The molecule has 5 rings (SSSR count). The molecule has 8 nitrogen and oxygen atoms in total. The van der Waals surface area contributed by atoms with Crippen molar-refractivity contribution in [2.75, 3.05) is 19.6 Å². The van der Waals surface area contributed by atoms with E-state index in [1.807, 2.05) is 41.9 Å². The van der Waals surface area contributed by atoms with E-state index in [1.165, 1.54) is 0 Å². The fourth-order valence-electron chi connectivity index (χ4n) is 5.00. The Morgan fingerprint density at radius 1 is 1.12 bits per heavy atom. The molecule has 3 N–H and O–H groups in total. The molecule has 3 aromatic rings. The van der Waals surface area contributed by atoms with Crippen LogP contribution in [0, 0.1) is 0 Å². The normalized spacial score (nSPS) is 15.1. The topological polar surface area (TPSA) is 111 Å². The Bertz CT molecular complexity index is 1480. The standard InChI is InChI=1S/C29H28Cl2N4O4S/c30-23-12-20-16-35(28(37)18-5-6-19-13-32-8-1-3-17(19)11-18)9-7-22(20)26(31)25(23)27(36)34-24(29(38)39)15-33-14-21-4-2-10-40-21/h2,4-6,10-13,24,33H,1,3,7-9,14-16H2,(H,34,36)(H,38,39)/t24-/m0/s1. The number of halogens is 2. The van der Waals surface area contributed by atoms with E-state index >= 15 is 0 Å². The van der Waals surface area contributed by atoms with Crippen molar-refractivity contribution in [3.05, 3.63) is 90.1 Å². The summed E-state index contributed by atoms with van der Waals surface area (Å²) in [5, 5.41) is 17.5. The van der Waals surface area contributed by atoms with Crippen LogP contribution in [0.15, 0.2) is 46.8 Å². The van der Waals surface area contributed by atoms with Gasteiger partial charge in [0.05, 0.1) is 15.6 Å². The summed E-state index contributed by atoms with van der Waals surface area (Å²) < 4.78 is 0. The second-order valence-corrected chi connectivity index (χ2v) is 11.6. The number of thiophene rings is 1. The molecule has 40 heavy (non-hydrogen) atoms. The minimum atomic E-state index is -1.17. The van der Waals surface area contributed by atoms with Crippen LogP contribution in [0.25, 0.3) is 0 Å². The molecule has 0 unspecified atom stereocenters. The molecule has 2 aromatic carbocycles. The van der Waals surface area contributed by atoms with Crippen molar-refractivity contribution in [1.29, 1.82) is 0 Å². The highest BCUT2D eigenvalue weighted by Crippen LogP contribution is 2.35. The molecule has 3 heterocycles. The summed E-state index contributed by atoms with van der Waals surface area (Å²) in [6.45, 7) is 2.04. The SMILES string of the molecule is O=C(N[C@@H](CNCc1cccs1)C(=O)O)c1c(Cl)cc2c(c1Cl)CCN(C(=O)c1ccc3c(c1)CCCN=C3)C2. The minimum Gasteiger partial charge on any atom is -0.480 e. The second kappa shape index (κ2) is 12.5. The van der Waals surface area contributed by atoms with Gasteiger partial charge in [0.15, 0.2) is 0 Å². The van der Waals surface area contributed by atoms with E-state index in [0.29, 0.717) is 31.6 Å². The van der Waals surface area contributed by atoms with Crippen LogP contribution in [-0.2, 0) is 30.7 Å². The van der Waals surface area contributed by atoms with Crippen molar-refractivity contribution < 1.29 is 19.5 Å². The zero-order chi connectivity index (χ0) is 28.2. The Morgan fingerprint density at radius 2 is 1.98 bits per heavy atom. The summed E-state index contributed by atoms with van der Waals surface area (Å²) in [6.07, 6.45) is 4.14. The Balaban J connectivity index is 1.28. The molecule has 1 atom stereocenters. The van der Waals surface area contributed by atoms with Crippen LogP contribution in [0.4, 0.5) is 0 Å². The molecule has 0 radical (unpaired) electrons. The average molecular weight is 600 g/mol. The zero-order valence-corrected chi connectivity index (χ0v) is 23.9. The number of aryl methyl sites for hydroxylation is 1. The third-order valence-electron chi connectivity index (χ3n) is 7.10. The number of benzene rings is 2. The predicted octanol–water partition coefficient (Wildman–Crippen LogP) is 4.59. The third-order valence-corrected chi connectivity index (χ3v) is 8.70. The minimum absolute atomic E-state index is 0.0334. The van der Waals surface area contributed by atoms with Gasteiger partial charge in [0.1, 0.15) is 6.04 Å². The van der Waals surface area contributed by atoms with E-state index in [9.17, 15) is 19.5 Å². The first-order valence-electron chi connectivity index (χ1n) is 13.0. The lowest BCUT2D eigenvalue weighted by atomic mass is 9.95. The first-order valence-corrected chi connectivity index (χ1v) is 14.6. The van der Waals surface area contributed by atoms with Gasteiger partial charge in [0.25, 0.3) is 11.8 Å². The van der Waals surface area contributed by atoms with Crippen LogP contribution in [0.5, 0.6) is 0 Å². The van der Waals surface area contributed by atoms with Crippen LogP contribution in [0.1, 0.15) is 54.3 Å². The molecular formula is C29H28Cl2N4O4S. The maximum absolute atomic E-state index is 13.4. The number of nitrogens with zero attached hydrogens (tertiary/aromatic N) is 2. The van der Waals surface area contributed by atoms with Gasteiger partial charge in [0.2, 0.25) is 0 Å². The van der Waals surface area contributed by atoms with Gasteiger partial charge in [0, 0.05) is 49.4 Å². The Hall–Kier alpha value is -3.24. The lowest BCUT2D eigenvalue weighted by molar-refractivity contribution is -0.139. The third kappa shape index (κ3) is 6.23. The molecule has 0 aliphatic carbocycles. The van der Waals surface area contributed by atoms with E-state index in [4.69, 9.17) is 23.2 Å². The molecular weight excluding hydrogens is 571 g/mol. The molecule has 0 saturated heterocycles. The van der Waals surface area contributed by atoms with E-state index in [-0.39, 0.29) is 28.1 Å². The number of carbonyl (C=O) groups is 3. The molecule has 1 aromatic heterocycles. The lowest BCUT2D eigenvalue weighted by Gasteiger charge is -2.30. The van der Waals surface area contributed by atoms with Gasteiger partial charge in [-0.3, -0.25) is 14.6 Å². The lowest BCUT2D eigenvalue weighted by Crippen LogP contribution is -2.47. The highest BCUT2D eigenvalue weighted by Gasteiger charge is 2.29. The molecule has 11 heteroatoms. The van der Waals surface area contributed by atoms with Crippen LogP contribution in [-0.4, -0.2) is 59.7 Å². The van der Waals surface area contributed by atoms with Crippen molar-refractivity contribution in [3.8, 4) is 0 Å². The molecule has 0 spiro atoms. The number of fused-ring (bicyclic) bond motifs is 2. The van der Waals surface area contributed by atoms with E-state index in [1.54, 1.807) is 22.3 Å². The molecule has 2 aliphatic rings. The number of carboxylic acids is 1. The maximum Gasteiger partial charge on any atom is 0.327 e.